The predicted molar refractivity (Wildman–Crippen MR) is 99.2 cm³/mol. The van der Waals surface area contributed by atoms with Crippen LogP contribution in [0.5, 0.6) is 5.75 Å². The van der Waals surface area contributed by atoms with Crippen molar-refractivity contribution in [2.75, 3.05) is 26.1 Å². The fourth-order valence-corrected chi connectivity index (χ4v) is 2.56. The summed E-state index contributed by atoms with van der Waals surface area (Å²) in [7, 11) is 2.72. The highest BCUT2D eigenvalue weighted by Crippen LogP contribution is 2.29. The SMILES string of the molecule is CCOC(=O)C(C(=O)c1ccccc1NC(=O)OC)c1cccc(OC)c1. The second kappa shape index (κ2) is 9.38. The van der Waals surface area contributed by atoms with Gasteiger partial charge in [-0.05, 0) is 36.8 Å². The number of methoxy groups -OCH3 is 2. The Morgan fingerprint density at radius 1 is 1.04 bits per heavy atom. The summed E-state index contributed by atoms with van der Waals surface area (Å²) < 4.78 is 14.9. The minimum atomic E-state index is -1.19. The number of rotatable bonds is 7. The van der Waals surface area contributed by atoms with Crippen LogP contribution < -0.4 is 10.1 Å². The molecular weight excluding hydrogens is 350 g/mol. The molecule has 0 aliphatic rings. The third-order valence-electron chi connectivity index (χ3n) is 3.83. The van der Waals surface area contributed by atoms with Gasteiger partial charge in [0.05, 0.1) is 26.5 Å². The molecule has 2 aromatic rings. The van der Waals surface area contributed by atoms with Gasteiger partial charge >= 0.3 is 12.1 Å². The van der Waals surface area contributed by atoms with E-state index >= 15 is 0 Å². The number of carbonyl (C=O) groups excluding carboxylic acids is 3. The quantitative estimate of drug-likeness (QED) is 0.456. The molecule has 1 atom stereocenters. The molecule has 0 heterocycles. The third kappa shape index (κ3) is 4.84. The number of hydrogen-bond donors (Lipinski definition) is 1. The van der Waals surface area contributed by atoms with Gasteiger partial charge in [-0.2, -0.15) is 0 Å². The lowest BCUT2D eigenvalue weighted by Gasteiger charge is -2.17. The number of carbonyl (C=O) groups is 3. The first kappa shape index (κ1) is 20.0. The molecular formula is C20H21NO6. The Kier molecular flexibility index (Phi) is 6.93. The Balaban J connectivity index is 2.49. The summed E-state index contributed by atoms with van der Waals surface area (Å²) in [5, 5.41) is 2.48. The molecule has 0 aliphatic heterocycles. The molecule has 1 N–H and O–H groups in total. The maximum absolute atomic E-state index is 13.2. The molecule has 7 nitrogen and oxygen atoms in total. The minimum absolute atomic E-state index is 0.134. The lowest BCUT2D eigenvalue weighted by molar-refractivity contribution is -0.143. The summed E-state index contributed by atoms with van der Waals surface area (Å²) in [4.78, 5) is 37.3. The third-order valence-corrected chi connectivity index (χ3v) is 3.83. The van der Waals surface area contributed by atoms with Crippen LogP contribution in [-0.4, -0.2) is 38.7 Å². The molecule has 0 fully saturated rings. The molecule has 0 saturated heterocycles. The van der Waals surface area contributed by atoms with E-state index in [-0.39, 0.29) is 17.9 Å². The van der Waals surface area contributed by atoms with Crippen LogP contribution in [0.15, 0.2) is 48.5 Å². The summed E-state index contributed by atoms with van der Waals surface area (Å²) in [6.45, 7) is 1.80. The molecule has 2 rings (SSSR count). The number of benzene rings is 2. The van der Waals surface area contributed by atoms with Crippen LogP contribution in [-0.2, 0) is 14.3 Å². The molecule has 0 spiro atoms. The predicted octanol–water partition coefficient (Wildman–Crippen LogP) is 3.40. The smallest absolute Gasteiger partial charge is 0.411 e. The number of para-hydroxylation sites is 1. The zero-order chi connectivity index (χ0) is 19.8. The van der Waals surface area contributed by atoms with Crippen LogP contribution in [0, 0.1) is 0 Å². The van der Waals surface area contributed by atoms with Crippen LogP contribution in [0.1, 0.15) is 28.8 Å². The Labute approximate surface area is 157 Å². The van der Waals surface area contributed by atoms with E-state index in [0.717, 1.165) is 0 Å². The van der Waals surface area contributed by atoms with E-state index in [2.05, 4.69) is 10.1 Å². The Bertz CT molecular complexity index is 833. The summed E-state index contributed by atoms with van der Waals surface area (Å²) >= 11 is 0. The number of ether oxygens (including phenoxy) is 3. The van der Waals surface area contributed by atoms with Gasteiger partial charge in [0, 0.05) is 5.56 Å². The first-order chi connectivity index (χ1) is 13.0. The fraction of sp³-hybridized carbons (Fsp3) is 0.250. The van der Waals surface area contributed by atoms with Gasteiger partial charge in [0.15, 0.2) is 5.78 Å². The number of hydrogen-bond acceptors (Lipinski definition) is 6. The van der Waals surface area contributed by atoms with E-state index < -0.39 is 23.8 Å². The number of anilines is 1. The van der Waals surface area contributed by atoms with Crippen molar-refractivity contribution in [2.45, 2.75) is 12.8 Å². The highest BCUT2D eigenvalue weighted by molar-refractivity contribution is 6.16. The minimum Gasteiger partial charge on any atom is -0.497 e. The van der Waals surface area contributed by atoms with E-state index in [0.29, 0.717) is 11.3 Å². The molecule has 27 heavy (non-hydrogen) atoms. The van der Waals surface area contributed by atoms with E-state index in [1.54, 1.807) is 49.4 Å². The van der Waals surface area contributed by atoms with Crippen molar-refractivity contribution in [2.24, 2.45) is 0 Å². The molecule has 0 aromatic heterocycles. The van der Waals surface area contributed by atoms with Gasteiger partial charge in [0.25, 0.3) is 0 Å². The standard InChI is InChI=1S/C20H21NO6/c1-4-27-19(23)17(13-8-7-9-14(12-13)25-2)18(22)15-10-5-6-11-16(15)21-20(24)26-3/h5-12,17H,4H2,1-3H3,(H,21,24). The Morgan fingerprint density at radius 3 is 2.44 bits per heavy atom. The second-order valence-electron chi connectivity index (χ2n) is 5.49. The molecule has 0 bridgehead atoms. The average Bonchev–Trinajstić information content (AvgIpc) is 2.68. The lowest BCUT2D eigenvalue weighted by Crippen LogP contribution is -2.26. The van der Waals surface area contributed by atoms with Crippen LogP contribution in [0.2, 0.25) is 0 Å². The number of Topliss-reactive ketones (excluding diaryl/α,β-unsaturated/α-hetero) is 1. The highest BCUT2D eigenvalue weighted by atomic mass is 16.5. The Hall–Kier alpha value is -3.35. The van der Waals surface area contributed by atoms with E-state index in [4.69, 9.17) is 9.47 Å². The molecule has 2 aromatic carbocycles. The van der Waals surface area contributed by atoms with E-state index in [1.165, 1.54) is 20.3 Å². The van der Waals surface area contributed by atoms with Gasteiger partial charge in [0.1, 0.15) is 11.7 Å². The molecule has 0 radical (unpaired) electrons. The lowest BCUT2D eigenvalue weighted by atomic mass is 9.89. The zero-order valence-electron chi connectivity index (χ0n) is 15.4. The van der Waals surface area contributed by atoms with Crippen LogP contribution in [0.3, 0.4) is 0 Å². The van der Waals surface area contributed by atoms with Crippen molar-refractivity contribution in [3.63, 3.8) is 0 Å². The maximum Gasteiger partial charge on any atom is 0.411 e. The van der Waals surface area contributed by atoms with E-state index in [9.17, 15) is 14.4 Å². The highest BCUT2D eigenvalue weighted by Gasteiger charge is 2.32. The Morgan fingerprint density at radius 2 is 1.78 bits per heavy atom. The van der Waals surface area contributed by atoms with Gasteiger partial charge in [0.2, 0.25) is 0 Å². The van der Waals surface area contributed by atoms with Gasteiger partial charge in [-0.25, -0.2) is 4.79 Å². The second-order valence-corrected chi connectivity index (χ2v) is 5.49. The first-order valence-electron chi connectivity index (χ1n) is 8.30. The number of ketones is 1. The number of nitrogens with one attached hydrogen (secondary N) is 1. The molecule has 1 amide bonds. The summed E-state index contributed by atoms with van der Waals surface area (Å²) in [6, 6.07) is 13.0. The maximum atomic E-state index is 13.2. The van der Waals surface area contributed by atoms with Gasteiger partial charge in [-0.1, -0.05) is 24.3 Å². The topological polar surface area (TPSA) is 90.9 Å². The van der Waals surface area contributed by atoms with Crippen molar-refractivity contribution in [1.82, 2.24) is 0 Å². The van der Waals surface area contributed by atoms with Crippen molar-refractivity contribution in [3.05, 3.63) is 59.7 Å². The van der Waals surface area contributed by atoms with Crippen LogP contribution in [0.25, 0.3) is 0 Å². The fourth-order valence-electron chi connectivity index (χ4n) is 2.56. The van der Waals surface area contributed by atoms with Crippen molar-refractivity contribution < 1.29 is 28.6 Å². The van der Waals surface area contributed by atoms with Gasteiger partial charge in [-0.3, -0.25) is 14.9 Å². The summed E-state index contributed by atoms with van der Waals surface area (Å²) in [5.74, 6) is -1.87. The molecule has 1 unspecified atom stereocenters. The summed E-state index contributed by atoms with van der Waals surface area (Å²) in [6.07, 6.45) is -0.718. The monoisotopic (exact) mass is 371 g/mol. The van der Waals surface area contributed by atoms with Gasteiger partial charge in [-0.15, -0.1) is 0 Å². The molecule has 0 saturated carbocycles. The molecule has 142 valence electrons. The number of amides is 1. The first-order valence-corrected chi connectivity index (χ1v) is 8.30. The van der Waals surface area contributed by atoms with Crippen molar-refractivity contribution in [1.29, 1.82) is 0 Å². The molecule has 0 aliphatic carbocycles. The van der Waals surface area contributed by atoms with Crippen molar-refractivity contribution in [3.8, 4) is 5.75 Å². The average molecular weight is 371 g/mol. The van der Waals surface area contributed by atoms with Gasteiger partial charge < -0.3 is 14.2 Å². The summed E-state index contributed by atoms with van der Waals surface area (Å²) in [5.41, 5.74) is 0.848. The molecule has 7 heteroatoms. The number of esters is 1. The van der Waals surface area contributed by atoms with Crippen molar-refractivity contribution >= 4 is 23.5 Å². The largest absolute Gasteiger partial charge is 0.497 e. The zero-order valence-corrected chi connectivity index (χ0v) is 15.4. The van der Waals surface area contributed by atoms with Crippen LogP contribution in [0.4, 0.5) is 10.5 Å². The van der Waals surface area contributed by atoms with Crippen LogP contribution >= 0.6 is 0 Å². The van der Waals surface area contributed by atoms with E-state index in [1.807, 2.05) is 0 Å². The normalized spacial score (nSPS) is 11.2.